The molecule has 0 aromatic heterocycles. The van der Waals surface area contributed by atoms with Crippen LogP contribution in [-0.4, -0.2) is 24.8 Å². The van der Waals surface area contributed by atoms with Crippen molar-refractivity contribution in [3.8, 4) is 0 Å². The molecule has 0 spiro atoms. The molecule has 0 unspecified atom stereocenters. The first-order valence-electron chi connectivity index (χ1n) is 9.23. The SMILES string of the molecule is C=NC(C)(C)CCCc1ccc(C)c(B2CC(C)(C)C(C)(C)O2)c1. The number of hydrogen-bond donors (Lipinski definition) is 0. The summed E-state index contributed by atoms with van der Waals surface area (Å²) in [7, 11) is 0. The van der Waals surface area contributed by atoms with Crippen LogP contribution < -0.4 is 5.46 Å². The van der Waals surface area contributed by atoms with Crippen LogP contribution in [0.1, 0.15) is 65.5 Å². The van der Waals surface area contributed by atoms with Crippen LogP contribution in [0.25, 0.3) is 0 Å². The Morgan fingerprint density at radius 2 is 1.92 bits per heavy atom. The summed E-state index contributed by atoms with van der Waals surface area (Å²) in [5.74, 6) is 0. The van der Waals surface area contributed by atoms with Gasteiger partial charge in [-0.05, 0) is 83.4 Å². The molecule has 0 saturated carbocycles. The van der Waals surface area contributed by atoms with Gasteiger partial charge in [-0.25, -0.2) is 0 Å². The molecule has 1 fully saturated rings. The van der Waals surface area contributed by atoms with Crippen LogP contribution in [0.5, 0.6) is 0 Å². The maximum atomic E-state index is 6.44. The summed E-state index contributed by atoms with van der Waals surface area (Å²) in [6.45, 7) is 19.5. The van der Waals surface area contributed by atoms with E-state index in [-0.39, 0.29) is 23.5 Å². The number of hydrogen-bond acceptors (Lipinski definition) is 2. The van der Waals surface area contributed by atoms with Gasteiger partial charge in [-0.15, -0.1) is 0 Å². The lowest BCUT2D eigenvalue weighted by Crippen LogP contribution is -2.36. The van der Waals surface area contributed by atoms with E-state index in [0.29, 0.717) is 0 Å². The van der Waals surface area contributed by atoms with Gasteiger partial charge in [0.25, 0.3) is 0 Å². The third-order valence-electron chi connectivity index (χ3n) is 6.14. The van der Waals surface area contributed by atoms with Crippen LogP contribution in [0.4, 0.5) is 0 Å². The first kappa shape index (κ1) is 19.2. The molecule has 1 heterocycles. The van der Waals surface area contributed by atoms with E-state index in [1.165, 1.54) is 16.6 Å². The van der Waals surface area contributed by atoms with Crippen LogP contribution >= 0.6 is 0 Å². The summed E-state index contributed by atoms with van der Waals surface area (Å²) in [6, 6.07) is 6.88. The van der Waals surface area contributed by atoms with Crippen LogP contribution in [-0.2, 0) is 11.1 Å². The van der Waals surface area contributed by atoms with Gasteiger partial charge in [0.2, 0.25) is 0 Å². The van der Waals surface area contributed by atoms with Crippen molar-refractivity contribution >= 4 is 19.1 Å². The molecule has 0 amide bonds. The number of benzene rings is 1. The summed E-state index contributed by atoms with van der Waals surface area (Å²) in [5, 5.41) is 0. The molecule has 1 aliphatic heterocycles. The van der Waals surface area contributed by atoms with Gasteiger partial charge in [-0.3, -0.25) is 4.99 Å². The van der Waals surface area contributed by atoms with E-state index < -0.39 is 0 Å². The number of aryl methyl sites for hydroxylation is 2. The highest BCUT2D eigenvalue weighted by Gasteiger charge is 2.50. The third-order valence-corrected chi connectivity index (χ3v) is 6.14. The summed E-state index contributed by atoms with van der Waals surface area (Å²) in [5.41, 5.74) is 4.20. The minimum absolute atomic E-state index is 0.0177. The van der Waals surface area contributed by atoms with E-state index in [9.17, 15) is 0 Å². The molecule has 1 aromatic carbocycles. The normalized spacial score (nSPS) is 19.5. The minimum Gasteiger partial charge on any atom is -0.426 e. The Bertz CT molecular complexity index is 588. The summed E-state index contributed by atoms with van der Waals surface area (Å²) < 4.78 is 6.44. The average molecular weight is 327 g/mol. The van der Waals surface area contributed by atoms with E-state index in [1.54, 1.807) is 0 Å². The van der Waals surface area contributed by atoms with Gasteiger partial charge in [0.05, 0.1) is 11.1 Å². The molecule has 0 radical (unpaired) electrons. The molecule has 0 N–H and O–H groups in total. The Kier molecular flexibility index (Phi) is 5.35. The van der Waals surface area contributed by atoms with Crippen molar-refractivity contribution in [3.05, 3.63) is 29.3 Å². The summed E-state index contributed by atoms with van der Waals surface area (Å²) >= 11 is 0. The molecule has 1 aliphatic rings. The highest BCUT2D eigenvalue weighted by Crippen LogP contribution is 2.45. The van der Waals surface area contributed by atoms with Gasteiger partial charge in [-0.2, -0.15) is 0 Å². The highest BCUT2D eigenvalue weighted by atomic mass is 16.5. The Labute approximate surface area is 149 Å². The van der Waals surface area contributed by atoms with Crippen LogP contribution in [0.15, 0.2) is 23.2 Å². The largest absolute Gasteiger partial charge is 0.426 e. The van der Waals surface area contributed by atoms with E-state index in [0.717, 1.165) is 25.6 Å². The Hall–Kier alpha value is -1.09. The lowest BCUT2D eigenvalue weighted by molar-refractivity contribution is 0.0375. The van der Waals surface area contributed by atoms with Crippen molar-refractivity contribution in [1.29, 1.82) is 0 Å². The molecule has 0 aliphatic carbocycles. The first-order valence-corrected chi connectivity index (χ1v) is 9.23. The fourth-order valence-electron chi connectivity index (χ4n) is 3.44. The molecule has 1 saturated heterocycles. The average Bonchev–Trinajstić information content (AvgIpc) is 2.69. The second-order valence-corrected chi connectivity index (χ2v) is 9.22. The van der Waals surface area contributed by atoms with Crippen LogP contribution in [0.2, 0.25) is 6.32 Å². The molecule has 0 atom stereocenters. The van der Waals surface area contributed by atoms with Crippen LogP contribution in [0, 0.1) is 12.3 Å². The van der Waals surface area contributed by atoms with Crippen molar-refractivity contribution in [2.45, 2.75) is 85.2 Å². The molecule has 3 heteroatoms. The predicted molar refractivity (Wildman–Crippen MR) is 107 cm³/mol. The lowest BCUT2D eigenvalue weighted by atomic mass is 9.53. The van der Waals surface area contributed by atoms with Gasteiger partial charge in [0, 0.05) is 0 Å². The highest BCUT2D eigenvalue weighted by molar-refractivity contribution is 6.68. The molecular weight excluding hydrogens is 293 g/mol. The Balaban J connectivity index is 2.11. The zero-order valence-corrected chi connectivity index (χ0v) is 16.7. The van der Waals surface area contributed by atoms with Gasteiger partial charge in [0.1, 0.15) is 0 Å². The number of aliphatic imine (C=N–C) groups is 1. The van der Waals surface area contributed by atoms with Crippen LogP contribution in [0.3, 0.4) is 0 Å². The first-order chi connectivity index (χ1) is 11.0. The predicted octanol–water partition coefficient (Wildman–Crippen LogP) is 4.83. The molecule has 132 valence electrons. The maximum absolute atomic E-state index is 6.44. The lowest BCUT2D eigenvalue weighted by Gasteiger charge is -2.34. The molecule has 0 bridgehead atoms. The van der Waals surface area contributed by atoms with Crippen molar-refractivity contribution in [2.24, 2.45) is 10.4 Å². The number of nitrogens with zero attached hydrogens (tertiary/aromatic N) is 1. The van der Waals surface area contributed by atoms with Crippen molar-refractivity contribution in [3.63, 3.8) is 0 Å². The molecule has 1 aromatic rings. The summed E-state index contributed by atoms with van der Waals surface area (Å²) in [4.78, 5) is 4.21. The number of rotatable bonds is 6. The maximum Gasteiger partial charge on any atom is 0.328 e. The van der Waals surface area contributed by atoms with Crippen molar-refractivity contribution < 1.29 is 4.65 Å². The fourth-order valence-corrected chi connectivity index (χ4v) is 3.44. The minimum atomic E-state index is -0.0836. The molecular formula is C21H34BNO. The topological polar surface area (TPSA) is 21.6 Å². The van der Waals surface area contributed by atoms with E-state index in [2.05, 4.69) is 78.4 Å². The summed E-state index contributed by atoms with van der Waals surface area (Å²) in [6.07, 6.45) is 4.38. The second-order valence-electron chi connectivity index (χ2n) is 9.22. The molecule has 24 heavy (non-hydrogen) atoms. The molecule has 2 rings (SSSR count). The van der Waals surface area contributed by atoms with Gasteiger partial charge < -0.3 is 4.65 Å². The third kappa shape index (κ3) is 4.11. The Morgan fingerprint density at radius 3 is 2.46 bits per heavy atom. The fraction of sp³-hybridized carbons (Fsp3) is 0.667. The van der Waals surface area contributed by atoms with Crippen molar-refractivity contribution in [1.82, 2.24) is 0 Å². The van der Waals surface area contributed by atoms with E-state index in [4.69, 9.17) is 4.65 Å². The second kappa shape index (κ2) is 6.67. The molecule has 2 nitrogen and oxygen atoms in total. The van der Waals surface area contributed by atoms with E-state index in [1.807, 2.05) is 0 Å². The zero-order chi connectivity index (χ0) is 18.2. The standard InChI is InChI=1S/C21H34BNO/c1-16-11-12-17(10-9-13-20(4,5)23-8)14-18(16)22-15-19(2,3)21(6,7)24-22/h11-12,14H,8-10,13,15H2,1-7H3. The van der Waals surface area contributed by atoms with Gasteiger partial charge in [-0.1, -0.05) is 37.6 Å². The van der Waals surface area contributed by atoms with E-state index >= 15 is 0 Å². The van der Waals surface area contributed by atoms with Crippen molar-refractivity contribution in [2.75, 3.05) is 0 Å². The smallest absolute Gasteiger partial charge is 0.328 e. The van der Waals surface area contributed by atoms with Gasteiger partial charge >= 0.3 is 6.92 Å². The quantitative estimate of drug-likeness (QED) is 0.542. The Morgan fingerprint density at radius 1 is 1.25 bits per heavy atom. The zero-order valence-electron chi connectivity index (χ0n) is 16.7. The van der Waals surface area contributed by atoms with Gasteiger partial charge in [0.15, 0.2) is 0 Å². The monoisotopic (exact) mass is 327 g/mol.